The third-order valence-electron chi connectivity index (χ3n) is 2.81. The number of nitrogens with zero attached hydrogens (tertiary/aromatic N) is 1. The van der Waals surface area contributed by atoms with Crippen LogP contribution in [0.15, 0.2) is 16.7 Å². The molecule has 4 nitrogen and oxygen atoms in total. The van der Waals surface area contributed by atoms with Crippen LogP contribution in [0.25, 0.3) is 0 Å². The maximum atomic E-state index is 13.3. The van der Waals surface area contributed by atoms with Gasteiger partial charge in [-0.15, -0.1) is 0 Å². The van der Waals surface area contributed by atoms with Gasteiger partial charge in [-0.1, -0.05) is 0 Å². The summed E-state index contributed by atoms with van der Waals surface area (Å²) < 4.78 is 42.1. The first kappa shape index (κ1) is 13.7. The highest BCUT2D eigenvalue weighted by Gasteiger charge is 2.25. The van der Waals surface area contributed by atoms with E-state index in [1.54, 1.807) is 0 Å². The Bertz CT molecular complexity index is 535. The van der Waals surface area contributed by atoms with Crippen LogP contribution in [0.2, 0.25) is 0 Å². The summed E-state index contributed by atoms with van der Waals surface area (Å²) in [6.45, 7) is 0.203. The first-order chi connectivity index (χ1) is 8.46. The van der Waals surface area contributed by atoms with Crippen molar-refractivity contribution in [3.05, 3.63) is 22.7 Å². The third-order valence-corrected chi connectivity index (χ3v) is 5.13. The second kappa shape index (κ2) is 5.52. The smallest absolute Gasteiger partial charge is 0.255 e. The first-order valence-corrected chi connectivity index (χ1v) is 8.22. The monoisotopic (exact) mass is 337 g/mol. The molecular weight excluding hydrogens is 325 g/mol. The Balaban J connectivity index is 1.97. The molecule has 0 aromatic carbocycles. The molecule has 7 heteroatoms. The van der Waals surface area contributed by atoms with Crippen LogP contribution >= 0.6 is 15.9 Å². The van der Waals surface area contributed by atoms with E-state index in [4.69, 9.17) is 4.74 Å². The SMILES string of the molecule is O=S1(=O)CCCC(COc2cc(Br)cnc2F)C1. The fourth-order valence-corrected chi connectivity index (χ4v) is 4.03. The molecule has 1 aromatic heterocycles. The summed E-state index contributed by atoms with van der Waals surface area (Å²) in [6, 6.07) is 1.49. The highest BCUT2D eigenvalue weighted by atomic mass is 79.9. The zero-order chi connectivity index (χ0) is 13.2. The highest BCUT2D eigenvalue weighted by molar-refractivity contribution is 9.10. The van der Waals surface area contributed by atoms with E-state index in [-0.39, 0.29) is 29.8 Å². The lowest BCUT2D eigenvalue weighted by molar-refractivity contribution is 0.237. The molecule has 100 valence electrons. The van der Waals surface area contributed by atoms with Crippen LogP contribution in [0.4, 0.5) is 4.39 Å². The Labute approximate surface area is 114 Å². The van der Waals surface area contributed by atoms with Crippen LogP contribution in [-0.2, 0) is 9.84 Å². The molecule has 2 rings (SSSR count). The number of halogens is 2. The average molecular weight is 338 g/mol. The van der Waals surface area contributed by atoms with Gasteiger partial charge in [0, 0.05) is 22.7 Å². The van der Waals surface area contributed by atoms with Crippen molar-refractivity contribution in [2.45, 2.75) is 12.8 Å². The zero-order valence-corrected chi connectivity index (χ0v) is 12.0. The predicted octanol–water partition coefficient (Wildman–Crippen LogP) is 2.19. The van der Waals surface area contributed by atoms with E-state index >= 15 is 0 Å². The van der Waals surface area contributed by atoms with Crippen LogP contribution in [0.3, 0.4) is 0 Å². The lowest BCUT2D eigenvalue weighted by Crippen LogP contribution is -2.29. The maximum absolute atomic E-state index is 13.3. The number of sulfone groups is 1. The van der Waals surface area contributed by atoms with Gasteiger partial charge in [0.05, 0.1) is 18.1 Å². The van der Waals surface area contributed by atoms with Crippen molar-refractivity contribution in [3.63, 3.8) is 0 Å². The summed E-state index contributed by atoms with van der Waals surface area (Å²) in [6.07, 6.45) is 2.78. The van der Waals surface area contributed by atoms with E-state index in [2.05, 4.69) is 20.9 Å². The van der Waals surface area contributed by atoms with Gasteiger partial charge in [-0.25, -0.2) is 13.4 Å². The van der Waals surface area contributed by atoms with Gasteiger partial charge in [0.25, 0.3) is 5.95 Å². The van der Waals surface area contributed by atoms with Gasteiger partial charge in [0.1, 0.15) is 0 Å². The molecule has 1 aliphatic heterocycles. The molecule has 0 saturated carbocycles. The van der Waals surface area contributed by atoms with Crippen LogP contribution in [0.1, 0.15) is 12.8 Å². The summed E-state index contributed by atoms with van der Waals surface area (Å²) in [4.78, 5) is 3.51. The van der Waals surface area contributed by atoms with E-state index in [1.807, 2.05) is 0 Å². The summed E-state index contributed by atoms with van der Waals surface area (Å²) >= 11 is 3.18. The van der Waals surface area contributed by atoms with Crippen molar-refractivity contribution in [3.8, 4) is 5.75 Å². The third kappa shape index (κ3) is 3.65. The molecule has 1 unspecified atom stereocenters. The second-order valence-corrected chi connectivity index (χ2v) is 7.52. The Kier molecular flexibility index (Phi) is 4.21. The van der Waals surface area contributed by atoms with Crippen molar-refractivity contribution >= 4 is 25.8 Å². The van der Waals surface area contributed by atoms with E-state index in [0.29, 0.717) is 10.9 Å². The van der Waals surface area contributed by atoms with Gasteiger partial charge in [0.15, 0.2) is 15.6 Å². The Morgan fingerprint density at radius 3 is 3.06 bits per heavy atom. The summed E-state index contributed by atoms with van der Waals surface area (Å²) in [5.74, 6) is -0.335. The number of pyridine rings is 1. The van der Waals surface area contributed by atoms with Gasteiger partial charge in [-0.05, 0) is 28.8 Å². The minimum absolute atomic E-state index is 0.0485. The summed E-state index contributed by atoms with van der Waals surface area (Å²) in [7, 11) is -2.95. The van der Waals surface area contributed by atoms with Gasteiger partial charge in [0.2, 0.25) is 0 Å². The van der Waals surface area contributed by atoms with Crippen molar-refractivity contribution in [2.75, 3.05) is 18.1 Å². The highest BCUT2D eigenvalue weighted by Crippen LogP contribution is 2.23. The standard InChI is InChI=1S/C11H13BrFNO3S/c12-9-4-10(11(13)14-5-9)17-6-8-2-1-3-18(15,16)7-8/h4-5,8H,1-3,6-7H2. The molecule has 2 heterocycles. The largest absolute Gasteiger partial charge is 0.488 e. The molecule has 0 aliphatic carbocycles. The fraction of sp³-hybridized carbons (Fsp3) is 0.545. The molecule has 0 N–H and O–H groups in total. The lowest BCUT2D eigenvalue weighted by Gasteiger charge is -2.21. The van der Waals surface area contributed by atoms with Crippen LogP contribution in [0, 0.1) is 11.9 Å². The molecule has 0 bridgehead atoms. The van der Waals surface area contributed by atoms with Gasteiger partial charge in [-0.2, -0.15) is 4.39 Å². The minimum atomic E-state index is -2.95. The Hall–Kier alpha value is -0.690. The summed E-state index contributed by atoms with van der Waals surface area (Å²) in [5.41, 5.74) is 0. The van der Waals surface area contributed by atoms with Crippen LogP contribution in [0.5, 0.6) is 5.75 Å². The van der Waals surface area contributed by atoms with E-state index in [0.717, 1.165) is 6.42 Å². The zero-order valence-electron chi connectivity index (χ0n) is 9.60. The number of aromatic nitrogens is 1. The second-order valence-electron chi connectivity index (χ2n) is 4.38. The molecule has 1 fully saturated rings. The van der Waals surface area contributed by atoms with E-state index in [9.17, 15) is 12.8 Å². The quantitative estimate of drug-likeness (QED) is 0.793. The van der Waals surface area contributed by atoms with Crippen LogP contribution < -0.4 is 4.74 Å². The molecular formula is C11H13BrFNO3S. The van der Waals surface area contributed by atoms with E-state index < -0.39 is 15.8 Å². The fourth-order valence-electron chi connectivity index (χ4n) is 1.96. The number of ether oxygens (including phenoxy) is 1. The number of hydrogen-bond acceptors (Lipinski definition) is 4. The maximum Gasteiger partial charge on any atom is 0.255 e. The van der Waals surface area contributed by atoms with E-state index in [1.165, 1.54) is 12.3 Å². The topological polar surface area (TPSA) is 56.3 Å². The number of rotatable bonds is 3. The van der Waals surface area contributed by atoms with Crippen molar-refractivity contribution < 1.29 is 17.5 Å². The average Bonchev–Trinajstić information content (AvgIpc) is 2.29. The molecule has 18 heavy (non-hydrogen) atoms. The van der Waals surface area contributed by atoms with Crippen molar-refractivity contribution in [2.24, 2.45) is 5.92 Å². The molecule has 1 atom stereocenters. The normalized spacial score (nSPS) is 22.7. The molecule has 1 saturated heterocycles. The van der Waals surface area contributed by atoms with Gasteiger partial charge >= 0.3 is 0 Å². The molecule has 1 aromatic rings. The van der Waals surface area contributed by atoms with Gasteiger partial charge < -0.3 is 4.74 Å². The van der Waals surface area contributed by atoms with Crippen molar-refractivity contribution in [1.82, 2.24) is 4.98 Å². The van der Waals surface area contributed by atoms with Crippen LogP contribution in [-0.4, -0.2) is 31.5 Å². The molecule has 0 spiro atoms. The Morgan fingerprint density at radius 1 is 1.56 bits per heavy atom. The number of hydrogen-bond donors (Lipinski definition) is 0. The first-order valence-electron chi connectivity index (χ1n) is 5.60. The molecule has 1 aliphatic rings. The minimum Gasteiger partial charge on any atom is -0.488 e. The van der Waals surface area contributed by atoms with Crippen molar-refractivity contribution in [1.29, 1.82) is 0 Å². The lowest BCUT2D eigenvalue weighted by atomic mass is 10.1. The van der Waals surface area contributed by atoms with Gasteiger partial charge in [-0.3, -0.25) is 0 Å². The molecule has 0 radical (unpaired) electrons. The Morgan fingerprint density at radius 2 is 2.33 bits per heavy atom. The molecule has 0 amide bonds. The summed E-state index contributed by atoms with van der Waals surface area (Å²) in [5, 5.41) is 0. The predicted molar refractivity (Wildman–Crippen MR) is 68.8 cm³/mol.